The van der Waals surface area contributed by atoms with E-state index in [4.69, 9.17) is 0 Å². The molecule has 106 valence electrons. The second kappa shape index (κ2) is 7.22. The van der Waals surface area contributed by atoms with Crippen LogP contribution in [-0.4, -0.2) is 23.7 Å². The molecule has 2 N–H and O–H groups in total. The third kappa shape index (κ3) is 3.68. The van der Waals surface area contributed by atoms with Crippen LogP contribution in [0.25, 0.3) is 0 Å². The summed E-state index contributed by atoms with van der Waals surface area (Å²) in [5.74, 6) is -0.0909. The van der Waals surface area contributed by atoms with Gasteiger partial charge in [-0.3, -0.25) is 4.79 Å². The lowest BCUT2D eigenvalue weighted by atomic mass is 10.1. The van der Waals surface area contributed by atoms with E-state index in [9.17, 15) is 9.90 Å². The molecule has 2 aromatic rings. The second-order valence-corrected chi connectivity index (χ2v) is 5.59. The van der Waals surface area contributed by atoms with Gasteiger partial charge in [-0.1, -0.05) is 37.3 Å². The third-order valence-corrected chi connectivity index (χ3v) is 4.17. The molecule has 1 atom stereocenters. The summed E-state index contributed by atoms with van der Waals surface area (Å²) < 4.78 is 0. The van der Waals surface area contributed by atoms with E-state index in [1.165, 1.54) is 11.3 Å². The summed E-state index contributed by atoms with van der Waals surface area (Å²) in [5, 5.41) is 14.3. The summed E-state index contributed by atoms with van der Waals surface area (Å²) >= 11 is 1.45. The van der Waals surface area contributed by atoms with E-state index in [0.717, 1.165) is 22.4 Å². The molecule has 3 nitrogen and oxygen atoms in total. The molecule has 0 aliphatic heterocycles. The predicted octanol–water partition coefficient (Wildman–Crippen LogP) is 2.64. The molecule has 1 heterocycles. The number of aliphatic hydroxyl groups excluding tert-OH is 1. The van der Waals surface area contributed by atoms with Crippen LogP contribution >= 0.6 is 11.3 Å². The van der Waals surface area contributed by atoms with Gasteiger partial charge in [0, 0.05) is 0 Å². The van der Waals surface area contributed by atoms with Gasteiger partial charge in [0.25, 0.3) is 5.91 Å². The van der Waals surface area contributed by atoms with Gasteiger partial charge in [0.1, 0.15) is 0 Å². The molecule has 2 rings (SSSR count). The fourth-order valence-electron chi connectivity index (χ4n) is 2.12. The van der Waals surface area contributed by atoms with Gasteiger partial charge in [-0.25, -0.2) is 0 Å². The van der Waals surface area contributed by atoms with Gasteiger partial charge in [0.05, 0.1) is 17.5 Å². The maximum atomic E-state index is 12.2. The van der Waals surface area contributed by atoms with Crippen molar-refractivity contribution >= 4 is 17.2 Å². The summed E-state index contributed by atoms with van der Waals surface area (Å²) in [6.07, 6.45) is 1.48. The number of amides is 1. The first kappa shape index (κ1) is 14.8. The number of rotatable bonds is 6. The zero-order chi connectivity index (χ0) is 14.4. The standard InChI is InChI=1S/C16H19NO2S/c1-2-13-8-9-20-15(13)16(19)17-14(11-18)10-12-6-4-3-5-7-12/h3-9,14,18H,2,10-11H2,1H3,(H,17,19)/t14-/m0/s1. The van der Waals surface area contributed by atoms with Crippen LogP contribution in [0.3, 0.4) is 0 Å². The molecule has 0 spiro atoms. The van der Waals surface area contributed by atoms with Crippen molar-refractivity contribution in [1.29, 1.82) is 0 Å². The van der Waals surface area contributed by atoms with Crippen LogP contribution in [0.1, 0.15) is 27.7 Å². The van der Waals surface area contributed by atoms with Crippen LogP contribution < -0.4 is 5.32 Å². The molecule has 1 aromatic heterocycles. The molecular formula is C16H19NO2S. The number of nitrogens with one attached hydrogen (secondary N) is 1. The maximum Gasteiger partial charge on any atom is 0.261 e. The molecule has 0 unspecified atom stereocenters. The monoisotopic (exact) mass is 289 g/mol. The molecule has 20 heavy (non-hydrogen) atoms. The van der Waals surface area contributed by atoms with Gasteiger partial charge in [0.2, 0.25) is 0 Å². The lowest BCUT2D eigenvalue weighted by Crippen LogP contribution is -2.39. The zero-order valence-electron chi connectivity index (χ0n) is 11.5. The average Bonchev–Trinajstić information content (AvgIpc) is 2.96. The highest BCUT2D eigenvalue weighted by Gasteiger charge is 2.16. The summed E-state index contributed by atoms with van der Waals surface area (Å²) in [6, 6.07) is 11.6. The van der Waals surface area contributed by atoms with Gasteiger partial charge in [0.15, 0.2) is 0 Å². The summed E-state index contributed by atoms with van der Waals surface area (Å²) in [4.78, 5) is 13.0. The first-order valence-electron chi connectivity index (χ1n) is 6.76. The number of thiophene rings is 1. The molecule has 0 aliphatic rings. The lowest BCUT2D eigenvalue weighted by Gasteiger charge is -2.16. The molecule has 4 heteroatoms. The summed E-state index contributed by atoms with van der Waals surface area (Å²) in [6.45, 7) is 1.97. The van der Waals surface area contributed by atoms with E-state index in [0.29, 0.717) is 6.42 Å². The van der Waals surface area contributed by atoms with E-state index < -0.39 is 0 Å². The van der Waals surface area contributed by atoms with Gasteiger partial charge >= 0.3 is 0 Å². The number of benzene rings is 1. The third-order valence-electron chi connectivity index (χ3n) is 3.21. The van der Waals surface area contributed by atoms with Crippen LogP contribution in [-0.2, 0) is 12.8 Å². The predicted molar refractivity (Wildman–Crippen MR) is 82.2 cm³/mol. The van der Waals surface area contributed by atoms with Crippen molar-refractivity contribution in [2.24, 2.45) is 0 Å². The SMILES string of the molecule is CCc1ccsc1C(=O)N[C@H](CO)Cc1ccccc1. The van der Waals surface area contributed by atoms with E-state index >= 15 is 0 Å². The molecule has 0 saturated carbocycles. The first-order chi connectivity index (χ1) is 9.74. The Kier molecular flexibility index (Phi) is 5.32. The minimum atomic E-state index is -0.253. The fraction of sp³-hybridized carbons (Fsp3) is 0.312. The number of carbonyl (C=O) groups is 1. The van der Waals surface area contributed by atoms with Crippen molar-refractivity contribution in [2.75, 3.05) is 6.61 Å². The van der Waals surface area contributed by atoms with E-state index in [1.54, 1.807) is 0 Å². The molecule has 1 aromatic carbocycles. The highest BCUT2D eigenvalue weighted by molar-refractivity contribution is 7.12. The molecule has 1 amide bonds. The van der Waals surface area contributed by atoms with Crippen molar-refractivity contribution in [2.45, 2.75) is 25.8 Å². The molecule has 0 fully saturated rings. The fourth-order valence-corrected chi connectivity index (χ4v) is 3.02. The van der Waals surface area contributed by atoms with Crippen LogP contribution in [0.5, 0.6) is 0 Å². The number of aliphatic hydroxyl groups is 1. The van der Waals surface area contributed by atoms with Crippen LogP contribution in [0, 0.1) is 0 Å². The van der Waals surface area contributed by atoms with Crippen LogP contribution in [0.4, 0.5) is 0 Å². The van der Waals surface area contributed by atoms with Crippen LogP contribution in [0.15, 0.2) is 41.8 Å². The topological polar surface area (TPSA) is 49.3 Å². The zero-order valence-corrected chi connectivity index (χ0v) is 12.3. The molecule has 0 aliphatic carbocycles. The van der Waals surface area contributed by atoms with Gasteiger partial charge in [-0.15, -0.1) is 11.3 Å². The Labute approximate surface area is 123 Å². The van der Waals surface area contributed by atoms with Crippen molar-refractivity contribution in [3.05, 3.63) is 57.8 Å². The lowest BCUT2D eigenvalue weighted by molar-refractivity contribution is 0.0920. The van der Waals surface area contributed by atoms with E-state index in [-0.39, 0.29) is 18.6 Å². The minimum absolute atomic E-state index is 0.0620. The first-order valence-corrected chi connectivity index (χ1v) is 7.64. The maximum absolute atomic E-state index is 12.2. The van der Waals surface area contributed by atoms with Crippen molar-refractivity contribution in [3.63, 3.8) is 0 Å². The highest BCUT2D eigenvalue weighted by atomic mass is 32.1. The Morgan fingerprint density at radius 1 is 1.30 bits per heavy atom. The van der Waals surface area contributed by atoms with E-state index in [1.807, 2.05) is 48.7 Å². The summed E-state index contributed by atoms with van der Waals surface area (Å²) in [5.41, 5.74) is 2.16. The van der Waals surface area contributed by atoms with Crippen molar-refractivity contribution in [3.8, 4) is 0 Å². The van der Waals surface area contributed by atoms with Gasteiger partial charge < -0.3 is 10.4 Å². The molecule has 0 saturated heterocycles. The van der Waals surface area contributed by atoms with E-state index in [2.05, 4.69) is 5.32 Å². The number of aryl methyl sites for hydroxylation is 1. The Balaban J connectivity index is 2.01. The number of hydrogen-bond acceptors (Lipinski definition) is 3. The Morgan fingerprint density at radius 2 is 2.05 bits per heavy atom. The van der Waals surface area contributed by atoms with Crippen molar-refractivity contribution < 1.29 is 9.90 Å². The second-order valence-electron chi connectivity index (χ2n) is 4.67. The quantitative estimate of drug-likeness (QED) is 0.859. The smallest absolute Gasteiger partial charge is 0.261 e. The van der Waals surface area contributed by atoms with Crippen LogP contribution in [0.2, 0.25) is 0 Å². The Morgan fingerprint density at radius 3 is 2.70 bits per heavy atom. The Hall–Kier alpha value is -1.65. The number of hydrogen-bond donors (Lipinski definition) is 2. The number of carbonyl (C=O) groups excluding carboxylic acids is 1. The summed E-state index contributed by atoms with van der Waals surface area (Å²) in [7, 11) is 0. The normalized spacial score (nSPS) is 12.1. The largest absolute Gasteiger partial charge is 0.394 e. The molecule has 0 bridgehead atoms. The molecular weight excluding hydrogens is 270 g/mol. The average molecular weight is 289 g/mol. The minimum Gasteiger partial charge on any atom is -0.394 e. The molecule has 0 radical (unpaired) electrons. The highest BCUT2D eigenvalue weighted by Crippen LogP contribution is 2.17. The van der Waals surface area contributed by atoms with Crippen molar-refractivity contribution in [1.82, 2.24) is 5.32 Å². The van der Waals surface area contributed by atoms with Gasteiger partial charge in [-0.2, -0.15) is 0 Å². The Bertz CT molecular complexity index is 551. The van der Waals surface area contributed by atoms with Gasteiger partial charge in [-0.05, 0) is 35.4 Å².